The van der Waals surface area contributed by atoms with Crippen molar-refractivity contribution in [2.75, 3.05) is 37.7 Å². The van der Waals surface area contributed by atoms with Crippen LogP contribution in [0.5, 0.6) is 0 Å². The number of likely N-dealkylation sites (tertiary alicyclic amines) is 1. The molecule has 2 aliphatic heterocycles. The second kappa shape index (κ2) is 15.1. The number of halogens is 6. The van der Waals surface area contributed by atoms with E-state index < -0.39 is 29.8 Å². The summed E-state index contributed by atoms with van der Waals surface area (Å²) in [7, 11) is 0. The number of aryl methyl sites for hydroxylation is 1. The lowest BCUT2D eigenvalue weighted by molar-refractivity contribution is -0.193. The molecule has 1 aromatic heterocycles. The molecular formula is C30H31F6N5O6. The number of aliphatic carboxylic acids is 2. The Morgan fingerprint density at radius 3 is 2.04 bits per heavy atom. The number of alkyl halides is 6. The molecule has 4 N–H and O–H groups in total. The van der Waals surface area contributed by atoms with E-state index in [1.165, 1.54) is 0 Å². The monoisotopic (exact) mass is 671 g/mol. The molecule has 2 fully saturated rings. The van der Waals surface area contributed by atoms with Crippen molar-refractivity contribution in [2.24, 2.45) is 0 Å². The Kier molecular flexibility index (Phi) is 11.7. The summed E-state index contributed by atoms with van der Waals surface area (Å²) in [5.74, 6) is -5.45. The van der Waals surface area contributed by atoms with E-state index in [4.69, 9.17) is 19.8 Å². The fourth-order valence-corrected chi connectivity index (χ4v) is 5.03. The number of carbonyl (C=O) groups excluding carboxylic acids is 2. The Bertz CT molecular complexity index is 1570. The van der Waals surface area contributed by atoms with Gasteiger partial charge in [0.05, 0.1) is 6.67 Å². The Morgan fingerprint density at radius 1 is 0.915 bits per heavy atom. The SMILES string of the molecule is Cc1cc(N2CNC(=O)C23CCN(CCNC(=O)c2ccc4ccccc4c2)CC3)ccn1.O=C(O)C(F)(F)F.O=C(O)C(F)(F)F. The van der Waals surface area contributed by atoms with E-state index in [1.807, 2.05) is 61.5 Å². The summed E-state index contributed by atoms with van der Waals surface area (Å²) in [5.41, 5.74) is 2.16. The highest BCUT2D eigenvalue weighted by molar-refractivity contribution is 5.98. The number of anilines is 1. The molecule has 2 amide bonds. The molecule has 2 aliphatic rings. The number of piperidine rings is 1. The van der Waals surface area contributed by atoms with Gasteiger partial charge in [-0.05, 0) is 54.8 Å². The average Bonchev–Trinajstić information content (AvgIpc) is 3.32. The minimum atomic E-state index is -5.08. The molecule has 47 heavy (non-hydrogen) atoms. The first-order chi connectivity index (χ1) is 21.9. The number of pyridine rings is 1. The summed E-state index contributed by atoms with van der Waals surface area (Å²) in [6, 6.07) is 17.8. The highest BCUT2D eigenvalue weighted by Crippen LogP contribution is 2.36. The molecule has 5 rings (SSSR count). The quantitative estimate of drug-likeness (QED) is 0.296. The molecule has 0 atom stereocenters. The largest absolute Gasteiger partial charge is 0.490 e. The second-order valence-corrected chi connectivity index (χ2v) is 10.5. The molecule has 0 saturated carbocycles. The predicted octanol–water partition coefficient (Wildman–Crippen LogP) is 3.97. The van der Waals surface area contributed by atoms with E-state index in [0.717, 1.165) is 54.6 Å². The van der Waals surface area contributed by atoms with Crippen LogP contribution in [0.3, 0.4) is 0 Å². The number of amides is 2. The Morgan fingerprint density at radius 2 is 1.49 bits per heavy atom. The van der Waals surface area contributed by atoms with Crippen molar-refractivity contribution >= 4 is 40.2 Å². The Balaban J connectivity index is 0.000000360. The number of hydrogen-bond acceptors (Lipinski definition) is 7. The van der Waals surface area contributed by atoms with Gasteiger partial charge in [-0.3, -0.25) is 14.6 Å². The molecule has 3 heterocycles. The first-order valence-electron chi connectivity index (χ1n) is 14.0. The van der Waals surface area contributed by atoms with Gasteiger partial charge in [0.1, 0.15) is 5.54 Å². The van der Waals surface area contributed by atoms with Gasteiger partial charge >= 0.3 is 24.3 Å². The minimum absolute atomic E-state index is 0.0522. The number of nitrogens with zero attached hydrogens (tertiary/aromatic N) is 3. The first kappa shape index (κ1) is 36.5. The zero-order chi connectivity index (χ0) is 35.0. The van der Waals surface area contributed by atoms with E-state index >= 15 is 0 Å². The van der Waals surface area contributed by atoms with Crippen molar-refractivity contribution in [3.63, 3.8) is 0 Å². The maximum atomic E-state index is 12.8. The minimum Gasteiger partial charge on any atom is -0.475 e. The summed E-state index contributed by atoms with van der Waals surface area (Å²) in [4.78, 5) is 52.0. The van der Waals surface area contributed by atoms with Crippen LogP contribution >= 0.6 is 0 Å². The molecule has 3 aromatic rings. The maximum absolute atomic E-state index is 12.8. The molecule has 2 aromatic carbocycles. The fraction of sp³-hybridized carbons (Fsp3) is 0.367. The number of nitrogens with one attached hydrogen (secondary N) is 2. The number of carboxylic acids is 2. The number of rotatable bonds is 5. The van der Waals surface area contributed by atoms with Gasteiger partial charge in [0.2, 0.25) is 5.91 Å². The first-order valence-corrected chi connectivity index (χ1v) is 14.0. The standard InChI is InChI=1S/C26H29N5O2.2C2HF3O2/c1-19-16-23(8-11-27-19)31-18-29-25(33)26(31)9-13-30(14-10-26)15-12-28-24(32)22-7-6-20-4-2-3-5-21(20)17-22;2*3-2(4,5)1(6)7/h2-8,11,16-17H,9-10,12-15,18H2,1H3,(H,28,32)(H,29,33);2*(H,6,7). The Labute approximate surface area is 264 Å². The topological polar surface area (TPSA) is 152 Å². The molecule has 17 heteroatoms. The summed E-state index contributed by atoms with van der Waals surface area (Å²) in [5, 5.41) is 22.5. The molecule has 0 unspecified atom stereocenters. The average molecular weight is 672 g/mol. The van der Waals surface area contributed by atoms with Crippen molar-refractivity contribution in [3.8, 4) is 0 Å². The van der Waals surface area contributed by atoms with Gasteiger partial charge in [-0.2, -0.15) is 26.3 Å². The zero-order valence-corrected chi connectivity index (χ0v) is 24.9. The lowest BCUT2D eigenvalue weighted by atomic mass is 9.85. The number of hydrogen-bond donors (Lipinski definition) is 4. The molecule has 254 valence electrons. The number of fused-ring (bicyclic) bond motifs is 1. The van der Waals surface area contributed by atoms with E-state index in [0.29, 0.717) is 18.8 Å². The van der Waals surface area contributed by atoms with Crippen molar-refractivity contribution in [2.45, 2.75) is 37.7 Å². The van der Waals surface area contributed by atoms with Crippen LogP contribution in [0.4, 0.5) is 32.0 Å². The van der Waals surface area contributed by atoms with Gasteiger partial charge in [-0.25, -0.2) is 9.59 Å². The number of carbonyl (C=O) groups is 4. The third kappa shape index (κ3) is 9.78. The highest BCUT2D eigenvalue weighted by atomic mass is 19.4. The molecule has 2 saturated heterocycles. The van der Waals surface area contributed by atoms with Crippen LogP contribution in [0.25, 0.3) is 10.8 Å². The number of benzene rings is 2. The lowest BCUT2D eigenvalue weighted by Crippen LogP contribution is -2.57. The van der Waals surface area contributed by atoms with Crippen molar-refractivity contribution < 1.29 is 55.7 Å². The number of aromatic nitrogens is 1. The molecule has 1 spiro atoms. The fourth-order valence-electron chi connectivity index (χ4n) is 5.03. The summed E-state index contributed by atoms with van der Waals surface area (Å²) >= 11 is 0. The normalized spacial score (nSPS) is 16.0. The van der Waals surface area contributed by atoms with E-state index in [1.54, 1.807) is 6.20 Å². The van der Waals surface area contributed by atoms with Crippen LogP contribution < -0.4 is 15.5 Å². The predicted molar refractivity (Wildman–Crippen MR) is 157 cm³/mol. The van der Waals surface area contributed by atoms with Crippen molar-refractivity contribution in [1.82, 2.24) is 20.5 Å². The van der Waals surface area contributed by atoms with E-state index in [-0.39, 0.29) is 11.8 Å². The van der Waals surface area contributed by atoms with Crippen LogP contribution in [0, 0.1) is 6.92 Å². The molecule has 0 bridgehead atoms. The second-order valence-electron chi connectivity index (χ2n) is 10.5. The van der Waals surface area contributed by atoms with E-state index in [2.05, 4.69) is 25.4 Å². The molecule has 0 radical (unpaired) electrons. The third-order valence-corrected chi connectivity index (χ3v) is 7.42. The van der Waals surface area contributed by atoms with Gasteiger partial charge in [0.25, 0.3) is 5.91 Å². The lowest BCUT2D eigenvalue weighted by Gasteiger charge is -2.43. The van der Waals surface area contributed by atoms with Crippen LogP contribution in [0.2, 0.25) is 0 Å². The van der Waals surface area contributed by atoms with Gasteiger partial charge < -0.3 is 30.6 Å². The summed E-state index contributed by atoms with van der Waals surface area (Å²) in [6.07, 6.45) is -6.84. The molecular weight excluding hydrogens is 640 g/mol. The van der Waals surface area contributed by atoms with Crippen molar-refractivity contribution in [1.29, 1.82) is 0 Å². The molecule has 0 aliphatic carbocycles. The van der Waals surface area contributed by atoms with Gasteiger partial charge in [-0.1, -0.05) is 30.3 Å². The van der Waals surface area contributed by atoms with E-state index in [9.17, 15) is 35.9 Å². The van der Waals surface area contributed by atoms with Crippen LogP contribution in [-0.4, -0.2) is 94.6 Å². The smallest absolute Gasteiger partial charge is 0.475 e. The summed E-state index contributed by atoms with van der Waals surface area (Å²) < 4.78 is 63.5. The maximum Gasteiger partial charge on any atom is 0.490 e. The van der Waals surface area contributed by atoms with Crippen LogP contribution in [0.1, 0.15) is 28.9 Å². The van der Waals surface area contributed by atoms with Gasteiger partial charge in [0.15, 0.2) is 0 Å². The van der Waals surface area contributed by atoms with Crippen LogP contribution in [-0.2, 0) is 14.4 Å². The van der Waals surface area contributed by atoms with Crippen LogP contribution in [0.15, 0.2) is 60.8 Å². The highest BCUT2D eigenvalue weighted by Gasteiger charge is 2.50. The molecule has 11 nitrogen and oxygen atoms in total. The third-order valence-electron chi connectivity index (χ3n) is 7.42. The van der Waals surface area contributed by atoms with Gasteiger partial charge in [-0.15, -0.1) is 0 Å². The summed E-state index contributed by atoms with van der Waals surface area (Å²) in [6.45, 7) is 5.49. The van der Waals surface area contributed by atoms with Crippen molar-refractivity contribution in [3.05, 3.63) is 72.1 Å². The Hall–Kier alpha value is -4.93. The number of carboxylic acid groups (broad SMARTS) is 2. The zero-order valence-electron chi connectivity index (χ0n) is 24.9. The van der Waals surface area contributed by atoms with Gasteiger partial charge in [0, 0.05) is 49.3 Å².